The van der Waals surface area contributed by atoms with E-state index in [0.717, 1.165) is 0 Å². The number of hydrogen-bond acceptors (Lipinski definition) is 3. The van der Waals surface area contributed by atoms with E-state index in [0.29, 0.717) is 19.4 Å². The Kier molecular flexibility index (Phi) is 8.32. The lowest BCUT2D eigenvalue weighted by Crippen LogP contribution is -2.47. The van der Waals surface area contributed by atoms with E-state index in [1.165, 1.54) is 11.9 Å². The highest BCUT2D eigenvalue weighted by atomic mass is 16.4. The summed E-state index contributed by atoms with van der Waals surface area (Å²) in [5, 5.41) is 13.7. The van der Waals surface area contributed by atoms with Gasteiger partial charge in [-0.1, -0.05) is 0 Å². The third-order valence-corrected chi connectivity index (χ3v) is 2.68. The number of carbonyl (C=O) groups excluding carboxylic acids is 2. The molecule has 0 fully saturated rings. The van der Waals surface area contributed by atoms with Gasteiger partial charge in [0.15, 0.2) is 0 Å². The van der Waals surface area contributed by atoms with Crippen molar-refractivity contribution in [2.45, 2.75) is 39.2 Å². The monoisotopic (exact) mass is 273 g/mol. The van der Waals surface area contributed by atoms with E-state index >= 15 is 0 Å². The van der Waals surface area contributed by atoms with Crippen molar-refractivity contribution in [3.8, 4) is 0 Å². The fraction of sp³-hybridized carbons (Fsp3) is 0.750. The van der Waals surface area contributed by atoms with Crippen molar-refractivity contribution >= 4 is 17.9 Å². The SMILES string of the molecule is CCN(CC(=O)NC)C(=O)NC(C)CCCC(=O)O. The third kappa shape index (κ3) is 8.01. The van der Waals surface area contributed by atoms with E-state index in [2.05, 4.69) is 10.6 Å². The molecule has 0 saturated carbocycles. The Balaban J connectivity index is 4.10. The summed E-state index contributed by atoms with van der Waals surface area (Å²) in [5.41, 5.74) is 0. The average Bonchev–Trinajstić information content (AvgIpc) is 2.34. The maximum Gasteiger partial charge on any atom is 0.318 e. The summed E-state index contributed by atoms with van der Waals surface area (Å²) in [6.45, 7) is 4.05. The van der Waals surface area contributed by atoms with E-state index in [1.807, 2.05) is 6.92 Å². The van der Waals surface area contributed by atoms with Crippen molar-refractivity contribution in [1.82, 2.24) is 15.5 Å². The van der Waals surface area contributed by atoms with Crippen LogP contribution < -0.4 is 10.6 Å². The molecule has 1 unspecified atom stereocenters. The van der Waals surface area contributed by atoms with Crippen LogP contribution in [0.4, 0.5) is 4.79 Å². The zero-order valence-corrected chi connectivity index (χ0v) is 11.7. The highest BCUT2D eigenvalue weighted by Gasteiger charge is 2.16. The van der Waals surface area contributed by atoms with E-state index in [4.69, 9.17) is 5.11 Å². The summed E-state index contributed by atoms with van der Waals surface area (Å²) < 4.78 is 0. The van der Waals surface area contributed by atoms with Crippen LogP contribution in [0.15, 0.2) is 0 Å². The van der Waals surface area contributed by atoms with Crippen LogP contribution in [0.3, 0.4) is 0 Å². The number of hydrogen-bond donors (Lipinski definition) is 3. The first kappa shape index (κ1) is 17.2. The number of nitrogens with zero attached hydrogens (tertiary/aromatic N) is 1. The van der Waals surface area contributed by atoms with Crippen LogP contribution in [0.2, 0.25) is 0 Å². The molecule has 0 spiro atoms. The topological polar surface area (TPSA) is 98.7 Å². The molecular formula is C12H23N3O4. The molecule has 0 radical (unpaired) electrons. The lowest BCUT2D eigenvalue weighted by Gasteiger charge is -2.23. The number of carbonyl (C=O) groups is 3. The average molecular weight is 273 g/mol. The number of urea groups is 1. The van der Waals surface area contributed by atoms with Gasteiger partial charge >= 0.3 is 12.0 Å². The van der Waals surface area contributed by atoms with Gasteiger partial charge in [0, 0.05) is 26.1 Å². The molecule has 19 heavy (non-hydrogen) atoms. The number of nitrogens with one attached hydrogen (secondary N) is 2. The molecule has 0 aromatic heterocycles. The summed E-state index contributed by atoms with van der Waals surface area (Å²) in [7, 11) is 1.52. The van der Waals surface area contributed by atoms with Gasteiger partial charge in [-0.05, 0) is 26.7 Å². The zero-order chi connectivity index (χ0) is 14.8. The van der Waals surface area contributed by atoms with Gasteiger partial charge in [-0.2, -0.15) is 0 Å². The van der Waals surface area contributed by atoms with Gasteiger partial charge in [-0.3, -0.25) is 9.59 Å². The van der Waals surface area contributed by atoms with Gasteiger partial charge in [0.1, 0.15) is 6.54 Å². The minimum Gasteiger partial charge on any atom is -0.481 e. The molecule has 0 aliphatic heterocycles. The molecule has 3 N–H and O–H groups in total. The highest BCUT2D eigenvalue weighted by molar-refractivity contribution is 5.83. The summed E-state index contributed by atoms with van der Waals surface area (Å²) >= 11 is 0. The summed E-state index contributed by atoms with van der Waals surface area (Å²) in [4.78, 5) is 34.8. The predicted octanol–water partition coefficient (Wildman–Crippen LogP) is 0.407. The van der Waals surface area contributed by atoms with Crippen molar-refractivity contribution in [3.63, 3.8) is 0 Å². The second kappa shape index (κ2) is 9.18. The van der Waals surface area contributed by atoms with Crippen molar-refractivity contribution in [1.29, 1.82) is 0 Å². The Morgan fingerprint density at radius 1 is 1.32 bits per heavy atom. The molecule has 0 aromatic rings. The standard InChI is InChI=1S/C12H23N3O4/c1-4-15(8-10(16)13-3)12(19)14-9(2)6-5-7-11(17)18/h9H,4-8H2,1-3H3,(H,13,16)(H,14,19)(H,17,18). The quantitative estimate of drug-likeness (QED) is 0.596. The molecule has 0 aromatic carbocycles. The molecule has 0 heterocycles. The minimum atomic E-state index is -0.840. The molecule has 1 atom stereocenters. The maximum absolute atomic E-state index is 11.9. The normalized spacial score (nSPS) is 11.5. The molecule has 7 nitrogen and oxygen atoms in total. The number of rotatable bonds is 8. The van der Waals surface area contributed by atoms with Crippen LogP contribution in [-0.2, 0) is 9.59 Å². The van der Waals surface area contributed by atoms with Crippen LogP contribution in [-0.4, -0.2) is 54.1 Å². The van der Waals surface area contributed by atoms with Crippen LogP contribution in [0.25, 0.3) is 0 Å². The second-order valence-electron chi connectivity index (χ2n) is 4.32. The smallest absolute Gasteiger partial charge is 0.318 e. The zero-order valence-electron chi connectivity index (χ0n) is 11.7. The molecule has 0 saturated heterocycles. The first-order chi connectivity index (χ1) is 8.90. The van der Waals surface area contributed by atoms with Gasteiger partial charge in [-0.15, -0.1) is 0 Å². The van der Waals surface area contributed by atoms with Gasteiger partial charge < -0.3 is 20.6 Å². The van der Waals surface area contributed by atoms with Crippen LogP contribution >= 0.6 is 0 Å². The van der Waals surface area contributed by atoms with Crippen molar-refractivity contribution in [2.24, 2.45) is 0 Å². The lowest BCUT2D eigenvalue weighted by atomic mass is 10.1. The van der Waals surface area contributed by atoms with E-state index in [9.17, 15) is 14.4 Å². The highest BCUT2D eigenvalue weighted by Crippen LogP contribution is 2.01. The largest absolute Gasteiger partial charge is 0.481 e. The Morgan fingerprint density at radius 2 is 1.95 bits per heavy atom. The van der Waals surface area contributed by atoms with E-state index < -0.39 is 5.97 Å². The molecule has 7 heteroatoms. The fourth-order valence-corrected chi connectivity index (χ4v) is 1.51. The van der Waals surface area contributed by atoms with Gasteiger partial charge in [-0.25, -0.2) is 4.79 Å². The lowest BCUT2D eigenvalue weighted by molar-refractivity contribution is -0.137. The van der Waals surface area contributed by atoms with Crippen LogP contribution in [0.1, 0.15) is 33.1 Å². The Morgan fingerprint density at radius 3 is 2.42 bits per heavy atom. The fourth-order valence-electron chi connectivity index (χ4n) is 1.51. The maximum atomic E-state index is 11.9. The Labute approximate surface area is 113 Å². The van der Waals surface area contributed by atoms with Gasteiger partial charge in [0.05, 0.1) is 0 Å². The number of likely N-dealkylation sites (N-methyl/N-ethyl adjacent to an activating group) is 2. The molecule has 3 amide bonds. The number of carboxylic acid groups (broad SMARTS) is 1. The first-order valence-corrected chi connectivity index (χ1v) is 6.38. The molecule has 0 aliphatic rings. The van der Waals surface area contributed by atoms with Crippen LogP contribution in [0.5, 0.6) is 0 Å². The predicted molar refractivity (Wildman–Crippen MR) is 70.8 cm³/mol. The summed E-state index contributed by atoms with van der Waals surface area (Å²) in [6, 6.07) is -0.431. The summed E-state index contributed by atoms with van der Waals surface area (Å²) in [6.07, 6.45) is 1.20. The molecule has 0 rings (SSSR count). The van der Waals surface area contributed by atoms with E-state index in [-0.39, 0.29) is 30.9 Å². The van der Waals surface area contributed by atoms with Crippen molar-refractivity contribution in [2.75, 3.05) is 20.1 Å². The van der Waals surface area contributed by atoms with E-state index in [1.54, 1.807) is 6.92 Å². The first-order valence-electron chi connectivity index (χ1n) is 6.38. The number of amides is 3. The summed E-state index contributed by atoms with van der Waals surface area (Å²) in [5.74, 6) is -1.07. The van der Waals surface area contributed by atoms with Crippen molar-refractivity contribution in [3.05, 3.63) is 0 Å². The number of aliphatic carboxylic acids is 1. The van der Waals surface area contributed by atoms with Gasteiger partial charge in [0.2, 0.25) is 5.91 Å². The third-order valence-electron chi connectivity index (χ3n) is 2.68. The minimum absolute atomic E-state index is 0.0146. The molecule has 0 bridgehead atoms. The molecule has 0 aliphatic carbocycles. The Hall–Kier alpha value is -1.79. The van der Waals surface area contributed by atoms with Crippen molar-refractivity contribution < 1.29 is 19.5 Å². The number of carboxylic acids is 1. The molecule has 110 valence electrons. The van der Waals surface area contributed by atoms with Crippen LogP contribution in [0, 0.1) is 0 Å². The molecular weight excluding hydrogens is 250 g/mol. The Bertz CT molecular complexity index is 320. The van der Waals surface area contributed by atoms with Gasteiger partial charge in [0.25, 0.3) is 0 Å². The second-order valence-corrected chi connectivity index (χ2v) is 4.32.